The molecule has 0 aliphatic carbocycles. The Labute approximate surface area is 368 Å². The van der Waals surface area contributed by atoms with Crippen molar-refractivity contribution in [1.82, 2.24) is 9.13 Å². The van der Waals surface area contributed by atoms with Crippen LogP contribution in [0, 0.1) is 0 Å². The summed E-state index contributed by atoms with van der Waals surface area (Å²) in [6.45, 7) is 0. The lowest BCUT2D eigenvalue weighted by molar-refractivity contribution is 1.16. The zero-order chi connectivity index (χ0) is 41.7. The average molecular weight is 819 g/mol. The van der Waals surface area contributed by atoms with Crippen molar-refractivity contribution in [3.63, 3.8) is 0 Å². The monoisotopic (exact) mass is 818 g/mol. The van der Waals surface area contributed by atoms with Gasteiger partial charge < -0.3 is 9.13 Å². The molecule has 63 heavy (non-hydrogen) atoms. The largest absolute Gasteiger partial charge is 0.309 e. The Hall–Kier alpha value is -7.98. The van der Waals surface area contributed by atoms with E-state index in [9.17, 15) is 0 Å². The Morgan fingerprint density at radius 1 is 0.270 bits per heavy atom. The first-order valence-corrected chi connectivity index (χ1v) is 23.8. The summed E-state index contributed by atoms with van der Waals surface area (Å²) in [6, 6.07) is 94.4. The van der Waals surface area contributed by atoms with Gasteiger partial charge in [0.1, 0.15) is 0 Å². The molecule has 296 valence electrons. The van der Waals surface area contributed by atoms with E-state index in [1.54, 1.807) is 0 Å². The zero-order valence-electron chi connectivity index (χ0n) is 34.6. The third-order valence-electron chi connectivity index (χ3n) is 13.1. The Balaban J connectivity index is 1.28. The van der Waals surface area contributed by atoms with E-state index in [-0.39, 0.29) is 0 Å². The molecule has 0 aliphatic heterocycles. The number of hydrogen-bond donors (Lipinski definition) is 0. The summed E-state index contributed by atoms with van der Waals surface area (Å²) in [5, 5.41) is 10.3. The molecule has 0 amide bonds. The lowest BCUT2D eigenvalue weighted by Crippen LogP contribution is -2.75. The molecule has 2 aromatic heterocycles. The Bertz CT molecular complexity index is 3500. The molecule has 0 radical (unpaired) electrons. The fourth-order valence-corrected chi connectivity index (χ4v) is 15.4. The Morgan fingerprint density at radius 3 is 1.30 bits per heavy atom. The number of fused-ring (bicyclic) bond motifs is 6. The smallest absolute Gasteiger partial charge is 0.181 e. The zero-order valence-corrected chi connectivity index (χ0v) is 35.6. The summed E-state index contributed by atoms with van der Waals surface area (Å²) in [6.07, 6.45) is 0. The van der Waals surface area contributed by atoms with Gasteiger partial charge in [-0.15, -0.1) is 0 Å². The highest BCUT2D eigenvalue weighted by Gasteiger charge is 2.43. The van der Waals surface area contributed by atoms with Crippen molar-refractivity contribution >= 4 is 72.4 Å². The van der Waals surface area contributed by atoms with E-state index in [1.807, 2.05) is 0 Å². The van der Waals surface area contributed by atoms with Crippen molar-refractivity contribution in [3.8, 4) is 33.6 Å². The third-order valence-corrected chi connectivity index (χ3v) is 17.9. The summed E-state index contributed by atoms with van der Waals surface area (Å²) in [7, 11) is -3.00. The van der Waals surface area contributed by atoms with Crippen molar-refractivity contribution in [1.29, 1.82) is 0 Å². The first kappa shape index (κ1) is 36.8. The van der Waals surface area contributed by atoms with Gasteiger partial charge in [0.05, 0.1) is 33.4 Å². The van der Waals surface area contributed by atoms with Crippen molar-refractivity contribution in [2.45, 2.75) is 0 Å². The second-order valence-electron chi connectivity index (χ2n) is 16.4. The highest BCUT2D eigenvalue weighted by molar-refractivity contribution is 7.20. The van der Waals surface area contributed by atoms with Gasteiger partial charge in [-0.25, -0.2) is 0 Å². The van der Waals surface area contributed by atoms with E-state index in [0.29, 0.717) is 0 Å². The molecule has 0 saturated carbocycles. The van der Waals surface area contributed by atoms with Crippen molar-refractivity contribution in [2.24, 2.45) is 0 Å². The van der Waals surface area contributed by atoms with Gasteiger partial charge in [0, 0.05) is 32.7 Å². The van der Waals surface area contributed by atoms with E-state index >= 15 is 0 Å². The number of aromatic nitrogens is 2. The number of para-hydroxylation sites is 4. The van der Waals surface area contributed by atoms with Gasteiger partial charge in [-0.05, 0) is 62.2 Å². The van der Waals surface area contributed by atoms with Gasteiger partial charge in [0.25, 0.3) is 0 Å². The maximum atomic E-state index is 2.61. The quantitative estimate of drug-likeness (QED) is 0.107. The summed E-state index contributed by atoms with van der Waals surface area (Å²) in [5.74, 6) is 0. The van der Waals surface area contributed by atoms with Gasteiger partial charge in [-0.3, -0.25) is 0 Å². The molecule has 10 aromatic carbocycles. The molecule has 0 atom stereocenters. The molecule has 3 heteroatoms. The van der Waals surface area contributed by atoms with E-state index in [4.69, 9.17) is 0 Å². The Morgan fingerprint density at radius 2 is 0.714 bits per heavy atom. The van der Waals surface area contributed by atoms with Gasteiger partial charge >= 0.3 is 0 Å². The van der Waals surface area contributed by atoms with Crippen molar-refractivity contribution < 1.29 is 0 Å². The van der Waals surface area contributed by atoms with Crippen LogP contribution in [0.3, 0.4) is 0 Å². The minimum Gasteiger partial charge on any atom is -0.309 e. The summed E-state index contributed by atoms with van der Waals surface area (Å²) >= 11 is 0. The fraction of sp³-hybridized carbons (Fsp3) is 0. The molecular weight excluding hydrogens is 777 g/mol. The van der Waals surface area contributed by atoms with Crippen LogP contribution in [-0.4, -0.2) is 17.2 Å². The topological polar surface area (TPSA) is 9.86 Å². The van der Waals surface area contributed by atoms with E-state index < -0.39 is 8.07 Å². The summed E-state index contributed by atoms with van der Waals surface area (Å²) in [4.78, 5) is 0. The van der Waals surface area contributed by atoms with E-state index in [2.05, 4.69) is 264 Å². The maximum absolute atomic E-state index is 3.00. The molecular formula is C60H42N2Si. The van der Waals surface area contributed by atoms with E-state index in [1.165, 1.54) is 81.1 Å². The maximum Gasteiger partial charge on any atom is 0.181 e. The second-order valence-corrected chi connectivity index (χ2v) is 20.2. The van der Waals surface area contributed by atoms with Crippen LogP contribution in [0.15, 0.2) is 255 Å². The van der Waals surface area contributed by atoms with Gasteiger partial charge in [-0.1, -0.05) is 224 Å². The minimum absolute atomic E-state index is 1.14. The first-order chi connectivity index (χ1) is 31.3. The molecule has 2 heterocycles. The number of rotatable bonds is 8. The third kappa shape index (κ3) is 5.78. The lowest BCUT2D eigenvalue weighted by atomic mass is 10.00. The van der Waals surface area contributed by atoms with Crippen LogP contribution in [0.25, 0.3) is 77.2 Å². The predicted octanol–water partition coefficient (Wildman–Crippen LogP) is 12.6. The molecule has 0 aliphatic rings. The van der Waals surface area contributed by atoms with Crippen molar-refractivity contribution in [2.75, 3.05) is 0 Å². The molecule has 12 aromatic rings. The van der Waals surface area contributed by atoms with Crippen LogP contribution in [0.1, 0.15) is 0 Å². The SMILES string of the molecule is c1ccc(-c2ccccc2-n2c3ccccc3c3cc(-c4ccccc4)c(-n4c5ccccc5c5cccc([Si](c6ccccc6)(c6ccccc6)c6ccccc6)c54)cc32)cc1. The number of benzene rings is 10. The lowest BCUT2D eigenvalue weighted by Gasteiger charge is -2.35. The molecule has 0 saturated heterocycles. The Kier molecular flexibility index (Phi) is 8.87. The normalized spacial score (nSPS) is 11.8. The van der Waals surface area contributed by atoms with E-state index in [0.717, 1.165) is 16.9 Å². The van der Waals surface area contributed by atoms with Crippen LogP contribution in [0.2, 0.25) is 0 Å². The van der Waals surface area contributed by atoms with Crippen LogP contribution in [0.5, 0.6) is 0 Å². The highest BCUT2D eigenvalue weighted by atomic mass is 28.3. The van der Waals surface area contributed by atoms with Gasteiger partial charge in [0.2, 0.25) is 0 Å². The van der Waals surface area contributed by atoms with Crippen LogP contribution < -0.4 is 20.7 Å². The molecule has 0 spiro atoms. The average Bonchev–Trinajstić information content (AvgIpc) is 3.88. The van der Waals surface area contributed by atoms with Crippen LogP contribution in [-0.2, 0) is 0 Å². The molecule has 0 fully saturated rings. The second kappa shape index (κ2) is 15.2. The van der Waals surface area contributed by atoms with Crippen molar-refractivity contribution in [3.05, 3.63) is 255 Å². The molecule has 0 unspecified atom stereocenters. The molecule has 2 nitrogen and oxygen atoms in total. The standard InChI is InChI=1S/C60H42N2Si/c1-6-23-43(24-7-1)48-33-16-19-37-54(48)61-55-38-20-18-35-50(55)53-41-52(44-25-8-2-9-26-44)57(42-58(53)61)62-56-39-21-17-34-49(56)51-36-22-40-59(60(51)62)63(45-27-10-3-11-28-45,46-29-12-4-13-30-46)47-31-14-5-15-32-47/h1-42H. The van der Waals surface area contributed by atoms with Crippen LogP contribution in [0.4, 0.5) is 0 Å². The number of hydrogen-bond acceptors (Lipinski definition) is 0. The molecule has 12 rings (SSSR count). The minimum atomic E-state index is -3.00. The summed E-state index contributed by atoms with van der Waals surface area (Å²) < 4.78 is 5.11. The molecule has 0 bridgehead atoms. The van der Waals surface area contributed by atoms with Crippen LogP contribution >= 0.6 is 0 Å². The first-order valence-electron chi connectivity index (χ1n) is 21.8. The predicted molar refractivity (Wildman–Crippen MR) is 270 cm³/mol. The number of nitrogens with zero attached hydrogens (tertiary/aromatic N) is 2. The summed E-state index contributed by atoms with van der Waals surface area (Å²) in [5.41, 5.74) is 11.8. The fourth-order valence-electron chi connectivity index (χ4n) is 10.4. The molecule has 0 N–H and O–H groups in total. The van der Waals surface area contributed by atoms with Gasteiger partial charge in [-0.2, -0.15) is 0 Å². The highest BCUT2D eigenvalue weighted by Crippen LogP contribution is 2.43. The van der Waals surface area contributed by atoms with Gasteiger partial charge in [0.15, 0.2) is 8.07 Å².